The van der Waals surface area contributed by atoms with E-state index in [1.54, 1.807) is 6.20 Å². The lowest BCUT2D eigenvalue weighted by Crippen LogP contribution is -2.43. The summed E-state index contributed by atoms with van der Waals surface area (Å²) in [7, 11) is 0. The van der Waals surface area contributed by atoms with Crippen LogP contribution in [-0.4, -0.2) is 36.1 Å². The minimum atomic E-state index is 0.263. The molecule has 2 aromatic rings. The normalized spacial score (nSPS) is 15.3. The first-order valence-electron chi connectivity index (χ1n) is 6.59. The first-order chi connectivity index (χ1) is 9.75. The molecule has 3 rings (SSSR count). The van der Waals surface area contributed by atoms with Crippen LogP contribution in [0.5, 0.6) is 0 Å². The van der Waals surface area contributed by atoms with Crippen molar-refractivity contribution in [3.8, 4) is 11.3 Å². The maximum atomic E-state index is 6.29. The van der Waals surface area contributed by atoms with Crippen LogP contribution in [0.1, 0.15) is 0 Å². The summed E-state index contributed by atoms with van der Waals surface area (Å²) in [6.45, 7) is 3.74. The zero-order valence-electron chi connectivity index (χ0n) is 11.0. The van der Waals surface area contributed by atoms with Gasteiger partial charge >= 0.3 is 0 Å². The van der Waals surface area contributed by atoms with Crippen LogP contribution in [0, 0.1) is 0 Å². The number of halogens is 1. The van der Waals surface area contributed by atoms with E-state index in [4.69, 9.17) is 17.3 Å². The SMILES string of the molecule is Nc1ncc(N2CCNCC2)c(-c2ccccc2Cl)n1. The lowest BCUT2D eigenvalue weighted by Gasteiger charge is -2.30. The zero-order chi connectivity index (χ0) is 13.9. The standard InChI is InChI=1S/C14H16ClN5/c15-11-4-2-1-3-10(11)13-12(9-18-14(16)19-13)20-7-5-17-6-8-20/h1-4,9,17H,5-8H2,(H2,16,18,19). The van der Waals surface area contributed by atoms with Gasteiger partial charge in [-0.3, -0.25) is 0 Å². The molecule has 1 fully saturated rings. The second-order valence-electron chi connectivity index (χ2n) is 4.68. The lowest BCUT2D eigenvalue weighted by molar-refractivity contribution is 0.588. The van der Waals surface area contributed by atoms with Gasteiger partial charge in [0.15, 0.2) is 0 Å². The Balaban J connectivity index is 2.09. The van der Waals surface area contributed by atoms with Gasteiger partial charge in [-0.15, -0.1) is 0 Å². The molecule has 5 nitrogen and oxygen atoms in total. The van der Waals surface area contributed by atoms with Gasteiger partial charge in [-0.25, -0.2) is 9.97 Å². The summed E-state index contributed by atoms with van der Waals surface area (Å²) in [6, 6.07) is 7.66. The quantitative estimate of drug-likeness (QED) is 0.882. The lowest BCUT2D eigenvalue weighted by atomic mass is 10.1. The third-order valence-corrected chi connectivity index (χ3v) is 3.70. The maximum Gasteiger partial charge on any atom is 0.220 e. The van der Waals surface area contributed by atoms with Crippen molar-refractivity contribution in [1.82, 2.24) is 15.3 Å². The van der Waals surface area contributed by atoms with E-state index in [0.717, 1.165) is 43.1 Å². The highest BCUT2D eigenvalue weighted by molar-refractivity contribution is 6.33. The molecule has 0 bridgehead atoms. The molecule has 0 spiro atoms. The van der Waals surface area contributed by atoms with E-state index >= 15 is 0 Å². The largest absolute Gasteiger partial charge is 0.368 e. The molecular formula is C14H16ClN5. The molecule has 6 heteroatoms. The maximum absolute atomic E-state index is 6.29. The molecule has 0 amide bonds. The van der Waals surface area contributed by atoms with E-state index in [2.05, 4.69) is 20.2 Å². The van der Waals surface area contributed by atoms with Gasteiger partial charge in [-0.1, -0.05) is 29.8 Å². The Hall–Kier alpha value is -1.85. The predicted molar refractivity (Wildman–Crippen MR) is 82.0 cm³/mol. The third-order valence-electron chi connectivity index (χ3n) is 3.37. The number of nitrogen functional groups attached to an aromatic ring is 1. The smallest absolute Gasteiger partial charge is 0.220 e. The van der Waals surface area contributed by atoms with Crippen molar-refractivity contribution >= 4 is 23.2 Å². The number of piperazine rings is 1. The number of hydrogen-bond acceptors (Lipinski definition) is 5. The minimum Gasteiger partial charge on any atom is -0.368 e. The van der Waals surface area contributed by atoms with E-state index in [-0.39, 0.29) is 5.95 Å². The van der Waals surface area contributed by atoms with Gasteiger partial charge in [-0.05, 0) is 6.07 Å². The fourth-order valence-electron chi connectivity index (χ4n) is 2.38. The summed E-state index contributed by atoms with van der Waals surface area (Å²) in [5, 5.41) is 4.00. The van der Waals surface area contributed by atoms with Gasteiger partial charge in [0, 0.05) is 31.7 Å². The van der Waals surface area contributed by atoms with Gasteiger partial charge in [-0.2, -0.15) is 0 Å². The molecule has 0 atom stereocenters. The number of nitrogens with two attached hydrogens (primary N) is 1. The number of rotatable bonds is 2. The van der Waals surface area contributed by atoms with Crippen LogP contribution in [0.15, 0.2) is 30.5 Å². The number of anilines is 2. The Morgan fingerprint density at radius 1 is 1.20 bits per heavy atom. The van der Waals surface area contributed by atoms with Crippen molar-refractivity contribution in [3.63, 3.8) is 0 Å². The second-order valence-corrected chi connectivity index (χ2v) is 5.09. The van der Waals surface area contributed by atoms with E-state index in [9.17, 15) is 0 Å². The minimum absolute atomic E-state index is 0.263. The average Bonchev–Trinajstić information content (AvgIpc) is 2.48. The molecule has 0 saturated carbocycles. The van der Waals surface area contributed by atoms with Gasteiger partial charge in [0.25, 0.3) is 0 Å². The van der Waals surface area contributed by atoms with Gasteiger partial charge in [0.05, 0.1) is 16.9 Å². The van der Waals surface area contributed by atoms with Crippen LogP contribution in [0.4, 0.5) is 11.6 Å². The molecule has 1 aromatic carbocycles. The number of nitrogens with one attached hydrogen (secondary N) is 1. The van der Waals surface area contributed by atoms with Crippen LogP contribution in [0.3, 0.4) is 0 Å². The molecule has 1 saturated heterocycles. The van der Waals surface area contributed by atoms with Crippen molar-refractivity contribution in [2.75, 3.05) is 36.8 Å². The molecule has 2 heterocycles. The second kappa shape index (κ2) is 5.64. The van der Waals surface area contributed by atoms with Crippen LogP contribution in [0.2, 0.25) is 5.02 Å². The first kappa shape index (κ1) is 13.1. The van der Waals surface area contributed by atoms with E-state index in [0.29, 0.717) is 5.02 Å². The summed E-state index contributed by atoms with van der Waals surface area (Å²) in [5.41, 5.74) is 8.41. The molecule has 0 aliphatic carbocycles. The van der Waals surface area contributed by atoms with Crippen LogP contribution in [-0.2, 0) is 0 Å². The summed E-state index contributed by atoms with van der Waals surface area (Å²) < 4.78 is 0. The fraction of sp³-hybridized carbons (Fsp3) is 0.286. The molecule has 1 aliphatic heterocycles. The predicted octanol–water partition coefficient (Wildman–Crippen LogP) is 1.79. The van der Waals surface area contributed by atoms with Crippen LogP contribution >= 0.6 is 11.6 Å². The first-order valence-corrected chi connectivity index (χ1v) is 6.96. The summed E-state index contributed by atoms with van der Waals surface area (Å²) in [5.74, 6) is 0.263. The highest BCUT2D eigenvalue weighted by Crippen LogP contribution is 2.33. The van der Waals surface area contributed by atoms with Crippen LogP contribution in [0.25, 0.3) is 11.3 Å². The molecule has 3 N–H and O–H groups in total. The van der Waals surface area contributed by atoms with E-state index < -0.39 is 0 Å². The molecule has 104 valence electrons. The topological polar surface area (TPSA) is 67.1 Å². The van der Waals surface area contributed by atoms with Crippen molar-refractivity contribution in [2.45, 2.75) is 0 Å². The van der Waals surface area contributed by atoms with Crippen LogP contribution < -0.4 is 16.0 Å². The number of hydrogen-bond donors (Lipinski definition) is 2. The molecule has 1 aromatic heterocycles. The number of benzene rings is 1. The fourth-order valence-corrected chi connectivity index (χ4v) is 2.60. The average molecular weight is 290 g/mol. The third kappa shape index (κ3) is 2.55. The van der Waals surface area contributed by atoms with E-state index in [1.165, 1.54) is 0 Å². The molecular weight excluding hydrogens is 274 g/mol. The molecule has 1 aliphatic rings. The molecule has 0 unspecified atom stereocenters. The van der Waals surface area contributed by atoms with Gasteiger partial charge in [0.2, 0.25) is 5.95 Å². The summed E-state index contributed by atoms with van der Waals surface area (Å²) >= 11 is 6.29. The Labute approximate surface area is 122 Å². The monoisotopic (exact) mass is 289 g/mol. The highest BCUT2D eigenvalue weighted by atomic mass is 35.5. The van der Waals surface area contributed by atoms with Gasteiger partial charge in [0.1, 0.15) is 5.69 Å². The van der Waals surface area contributed by atoms with Crippen molar-refractivity contribution < 1.29 is 0 Å². The summed E-state index contributed by atoms with van der Waals surface area (Å²) in [6.07, 6.45) is 1.78. The van der Waals surface area contributed by atoms with Crippen molar-refractivity contribution in [2.24, 2.45) is 0 Å². The highest BCUT2D eigenvalue weighted by Gasteiger charge is 2.18. The summed E-state index contributed by atoms with van der Waals surface area (Å²) in [4.78, 5) is 10.8. The number of nitrogens with zero attached hydrogens (tertiary/aromatic N) is 3. The molecule has 0 radical (unpaired) electrons. The van der Waals surface area contributed by atoms with Crippen molar-refractivity contribution in [1.29, 1.82) is 0 Å². The Morgan fingerprint density at radius 2 is 1.95 bits per heavy atom. The van der Waals surface area contributed by atoms with Gasteiger partial charge < -0.3 is 16.0 Å². The Kier molecular flexibility index (Phi) is 3.71. The zero-order valence-corrected chi connectivity index (χ0v) is 11.8. The Morgan fingerprint density at radius 3 is 2.70 bits per heavy atom. The number of aromatic nitrogens is 2. The van der Waals surface area contributed by atoms with Crippen molar-refractivity contribution in [3.05, 3.63) is 35.5 Å². The molecule has 20 heavy (non-hydrogen) atoms. The van der Waals surface area contributed by atoms with E-state index in [1.807, 2.05) is 24.3 Å². The Bertz CT molecular complexity index is 610.